The van der Waals surface area contributed by atoms with Crippen molar-refractivity contribution in [2.24, 2.45) is 10.2 Å². The van der Waals surface area contributed by atoms with Crippen LogP contribution in [-0.4, -0.2) is 26.2 Å². The lowest BCUT2D eigenvalue weighted by Crippen LogP contribution is -2.09. The third-order valence-corrected chi connectivity index (χ3v) is 3.04. The Morgan fingerprint density at radius 3 is 2.17 bits per heavy atom. The number of esters is 1. The average Bonchev–Trinajstić information content (AvgIpc) is 2.64. The number of hydrogen-bond donors (Lipinski definition) is 1. The molecule has 124 valence electrons. The number of anilines is 1. The maximum Gasteiger partial charge on any atom is 0.330 e. The van der Waals surface area contributed by atoms with Gasteiger partial charge in [0.05, 0.1) is 11.4 Å². The van der Waals surface area contributed by atoms with E-state index in [0.29, 0.717) is 5.75 Å². The minimum Gasteiger partial charge on any atom is -0.490 e. The summed E-state index contributed by atoms with van der Waals surface area (Å²) in [6, 6.07) is 14.8. The smallest absolute Gasteiger partial charge is 0.330 e. The summed E-state index contributed by atoms with van der Waals surface area (Å²) in [7, 11) is 1.86. The van der Waals surface area contributed by atoms with Crippen LogP contribution in [0.15, 0.2) is 71.4 Å². The van der Waals surface area contributed by atoms with Gasteiger partial charge in [-0.15, -0.1) is 0 Å². The Balaban J connectivity index is 1.83. The molecular formula is C18H19N3O3. The van der Waals surface area contributed by atoms with E-state index in [1.807, 2.05) is 31.3 Å². The Morgan fingerprint density at radius 1 is 1.04 bits per heavy atom. The first-order valence-corrected chi connectivity index (χ1v) is 7.43. The van der Waals surface area contributed by atoms with Crippen molar-refractivity contribution in [1.82, 2.24) is 0 Å². The van der Waals surface area contributed by atoms with Crippen LogP contribution in [0.25, 0.3) is 0 Å². The molecule has 0 unspecified atom stereocenters. The van der Waals surface area contributed by atoms with E-state index in [-0.39, 0.29) is 13.2 Å². The Morgan fingerprint density at radius 2 is 1.62 bits per heavy atom. The average molecular weight is 325 g/mol. The van der Waals surface area contributed by atoms with Crippen LogP contribution in [0, 0.1) is 0 Å². The molecule has 0 atom stereocenters. The van der Waals surface area contributed by atoms with E-state index in [2.05, 4.69) is 22.1 Å². The Bertz CT molecular complexity index is 694. The van der Waals surface area contributed by atoms with E-state index < -0.39 is 5.97 Å². The summed E-state index contributed by atoms with van der Waals surface area (Å²) in [4.78, 5) is 10.9. The Kier molecular flexibility index (Phi) is 6.52. The van der Waals surface area contributed by atoms with Gasteiger partial charge < -0.3 is 14.8 Å². The molecule has 0 spiro atoms. The fraction of sp³-hybridized carbons (Fsp3) is 0.167. The van der Waals surface area contributed by atoms with Crippen LogP contribution in [0.5, 0.6) is 5.75 Å². The molecule has 6 nitrogen and oxygen atoms in total. The molecule has 0 saturated heterocycles. The van der Waals surface area contributed by atoms with Crippen LogP contribution < -0.4 is 10.1 Å². The van der Waals surface area contributed by atoms with Gasteiger partial charge in [0.1, 0.15) is 19.0 Å². The summed E-state index contributed by atoms with van der Waals surface area (Å²) in [6.45, 7) is 3.77. The zero-order chi connectivity index (χ0) is 17.2. The number of benzene rings is 2. The number of rotatable bonds is 8. The van der Waals surface area contributed by atoms with Crippen molar-refractivity contribution in [3.05, 3.63) is 61.2 Å². The monoisotopic (exact) mass is 325 g/mol. The Labute approximate surface area is 140 Å². The molecule has 0 amide bonds. The molecule has 0 fully saturated rings. The van der Waals surface area contributed by atoms with E-state index in [1.165, 1.54) is 0 Å². The highest BCUT2D eigenvalue weighted by atomic mass is 16.6. The van der Waals surface area contributed by atoms with Gasteiger partial charge in [-0.2, -0.15) is 10.2 Å². The number of carbonyl (C=O) groups excluding carboxylic acids is 1. The largest absolute Gasteiger partial charge is 0.490 e. The number of nitrogens with zero attached hydrogens (tertiary/aromatic N) is 2. The highest BCUT2D eigenvalue weighted by Gasteiger charge is 1.98. The van der Waals surface area contributed by atoms with Gasteiger partial charge in [-0.25, -0.2) is 4.79 Å². The second-order valence-corrected chi connectivity index (χ2v) is 4.71. The number of carbonyl (C=O) groups is 1. The number of ether oxygens (including phenoxy) is 2. The minimum atomic E-state index is -0.461. The first-order chi connectivity index (χ1) is 11.7. The van der Waals surface area contributed by atoms with Crippen molar-refractivity contribution in [1.29, 1.82) is 0 Å². The van der Waals surface area contributed by atoms with Gasteiger partial charge in [0.2, 0.25) is 0 Å². The van der Waals surface area contributed by atoms with Crippen LogP contribution in [0.4, 0.5) is 17.1 Å². The molecule has 6 heteroatoms. The summed E-state index contributed by atoms with van der Waals surface area (Å²) in [6.07, 6.45) is 1.12. The first kappa shape index (κ1) is 17.2. The second-order valence-electron chi connectivity index (χ2n) is 4.71. The lowest BCUT2D eigenvalue weighted by Gasteiger charge is -2.06. The molecule has 0 aromatic heterocycles. The van der Waals surface area contributed by atoms with E-state index in [1.54, 1.807) is 24.3 Å². The molecule has 24 heavy (non-hydrogen) atoms. The summed E-state index contributed by atoms with van der Waals surface area (Å²) in [5.41, 5.74) is 2.52. The molecule has 0 aliphatic heterocycles. The third kappa shape index (κ3) is 5.57. The zero-order valence-corrected chi connectivity index (χ0v) is 13.4. The topological polar surface area (TPSA) is 72.3 Å². The standard InChI is InChI=1S/C18H19N3O3/c1-3-18(22)24-13-12-23-17-10-8-16(9-11-17)21-20-15-6-4-14(19-2)5-7-15/h3-11,19H,1,12-13H2,2H3/b21-20+. The van der Waals surface area contributed by atoms with Gasteiger partial charge in [-0.3, -0.25) is 0 Å². The lowest BCUT2D eigenvalue weighted by molar-refractivity contribution is -0.138. The molecule has 0 radical (unpaired) electrons. The van der Waals surface area contributed by atoms with E-state index in [4.69, 9.17) is 9.47 Å². The molecule has 0 bridgehead atoms. The van der Waals surface area contributed by atoms with Crippen LogP contribution in [0.2, 0.25) is 0 Å². The fourth-order valence-electron chi connectivity index (χ4n) is 1.78. The van der Waals surface area contributed by atoms with Crippen LogP contribution in [-0.2, 0) is 9.53 Å². The fourth-order valence-corrected chi connectivity index (χ4v) is 1.78. The van der Waals surface area contributed by atoms with E-state index in [0.717, 1.165) is 23.1 Å². The van der Waals surface area contributed by atoms with Gasteiger partial charge in [-0.1, -0.05) is 6.58 Å². The summed E-state index contributed by atoms with van der Waals surface area (Å²) < 4.78 is 10.3. The highest BCUT2D eigenvalue weighted by Crippen LogP contribution is 2.22. The van der Waals surface area contributed by atoms with E-state index >= 15 is 0 Å². The number of hydrogen-bond acceptors (Lipinski definition) is 6. The molecule has 0 aliphatic rings. The highest BCUT2D eigenvalue weighted by molar-refractivity contribution is 5.81. The normalized spacial score (nSPS) is 10.4. The maximum atomic E-state index is 10.9. The molecule has 2 aromatic carbocycles. The van der Waals surface area contributed by atoms with Crippen LogP contribution in [0.3, 0.4) is 0 Å². The number of nitrogens with one attached hydrogen (secondary N) is 1. The van der Waals surface area contributed by atoms with Gasteiger partial charge in [0.15, 0.2) is 0 Å². The first-order valence-electron chi connectivity index (χ1n) is 7.43. The maximum absolute atomic E-state index is 10.9. The summed E-state index contributed by atoms with van der Waals surface area (Å²) >= 11 is 0. The van der Waals surface area contributed by atoms with E-state index in [9.17, 15) is 4.79 Å². The summed E-state index contributed by atoms with van der Waals surface area (Å²) in [5.74, 6) is 0.207. The van der Waals surface area contributed by atoms with Crippen LogP contribution >= 0.6 is 0 Å². The van der Waals surface area contributed by atoms with Crippen molar-refractivity contribution in [2.45, 2.75) is 0 Å². The third-order valence-electron chi connectivity index (χ3n) is 3.04. The predicted octanol–water partition coefficient (Wildman–Crippen LogP) is 4.25. The molecule has 0 aliphatic carbocycles. The Hall–Kier alpha value is -3.15. The minimum absolute atomic E-state index is 0.176. The predicted molar refractivity (Wildman–Crippen MR) is 93.3 cm³/mol. The molecule has 0 saturated carbocycles. The zero-order valence-electron chi connectivity index (χ0n) is 13.4. The quantitative estimate of drug-likeness (QED) is 0.341. The van der Waals surface area contributed by atoms with Crippen molar-refractivity contribution in [3.8, 4) is 5.75 Å². The van der Waals surface area contributed by atoms with Crippen molar-refractivity contribution >= 4 is 23.0 Å². The lowest BCUT2D eigenvalue weighted by atomic mass is 10.3. The van der Waals surface area contributed by atoms with Gasteiger partial charge in [-0.05, 0) is 48.5 Å². The van der Waals surface area contributed by atoms with Crippen molar-refractivity contribution < 1.29 is 14.3 Å². The molecule has 0 heterocycles. The summed E-state index contributed by atoms with van der Waals surface area (Å²) in [5, 5.41) is 11.4. The van der Waals surface area contributed by atoms with Crippen molar-refractivity contribution in [2.75, 3.05) is 25.6 Å². The molecule has 2 rings (SSSR count). The van der Waals surface area contributed by atoms with Gasteiger partial charge in [0, 0.05) is 18.8 Å². The number of azo groups is 1. The second kappa shape index (κ2) is 9.09. The van der Waals surface area contributed by atoms with Gasteiger partial charge >= 0.3 is 5.97 Å². The van der Waals surface area contributed by atoms with Crippen LogP contribution in [0.1, 0.15) is 0 Å². The molecular weight excluding hydrogens is 306 g/mol. The SMILES string of the molecule is C=CC(=O)OCCOc1ccc(/N=N/c2ccc(NC)cc2)cc1. The molecule has 1 N–H and O–H groups in total. The molecule has 2 aromatic rings. The van der Waals surface area contributed by atoms with Crippen molar-refractivity contribution in [3.63, 3.8) is 0 Å². The van der Waals surface area contributed by atoms with Gasteiger partial charge in [0.25, 0.3) is 0 Å².